The van der Waals surface area contributed by atoms with Crippen molar-refractivity contribution in [2.24, 2.45) is 0 Å². The molecule has 0 bridgehead atoms. The van der Waals surface area contributed by atoms with Crippen LogP contribution in [0.3, 0.4) is 0 Å². The predicted molar refractivity (Wildman–Crippen MR) is 55.6 cm³/mol. The van der Waals surface area contributed by atoms with Crippen LogP contribution in [-0.2, 0) is 0 Å². The summed E-state index contributed by atoms with van der Waals surface area (Å²) in [6, 6.07) is 4.00. The summed E-state index contributed by atoms with van der Waals surface area (Å²) < 4.78 is 5.37. The maximum Gasteiger partial charge on any atom is 0.217 e. The molecule has 1 aromatic rings. The molecule has 0 amide bonds. The number of hydrogen-bond donors (Lipinski definition) is 1. The number of hydrogen-bond acceptors (Lipinski definition) is 3. The van der Waals surface area contributed by atoms with E-state index < -0.39 is 0 Å². The molecule has 0 unspecified atom stereocenters. The Morgan fingerprint density at radius 3 is 2.71 bits per heavy atom. The van der Waals surface area contributed by atoms with E-state index in [1.54, 1.807) is 0 Å². The lowest BCUT2D eigenvalue weighted by Crippen LogP contribution is -2.06. The first-order chi connectivity index (χ1) is 6.65. The van der Waals surface area contributed by atoms with Crippen molar-refractivity contribution in [1.29, 1.82) is 0 Å². The van der Waals surface area contributed by atoms with Crippen LogP contribution in [0, 0.1) is 6.92 Å². The van der Waals surface area contributed by atoms with E-state index in [0.29, 0.717) is 18.4 Å². The van der Waals surface area contributed by atoms with E-state index in [4.69, 9.17) is 9.84 Å². The Kier molecular flexibility index (Phi) is 3.89. The predicted octanol–water partition coefficient (Wildman–Crippen LogP) is 1.88. The molecule has 0 atom stereocenters. The highest BCUT2D eigenvalue weighted by molar-refractivity contribution is 5.30. The zero-order valence-corrected chi connectivity index (χ0v) is 8.95. The van der Waals surface area contributed by atoms with Gasteiger partial charge in [0.1, 0.15) is 6.61 Å². The number of aryl methyl sites for hydroxylation is 1. The Morgan fingerprint density at radius 2 is 2.14 bits per heavy atom. The van der Waals surface area contributed by atoms with Crippen molar-refractivity contribution in [1.82, 2.24) is 4.98 Å². The van der Waals surface area contributed by atoms with Gasteiger partial charge in [0.05, 0.1) is 6.61 Å². The van der Waals surface area contributed by atoms with Crippen LogP contribution >= 0.6 is 0 Å². The summed E-state index contributed by atoms with van der Waals surface area (Å²) in [6.45, 7) is 6.44. The van der Waals surface area contributed by atoms with Gasteiger partial charge in [-0.25, -0.2) is 4.98 Å². The van der Waals surface area contributed by atoms with E-state index in [1.165, 1.54) is 0 Å². The summed E-state index contributed by atoms with van der Waals surface area (Å²) in [6.07, 6.45) is 0. The summed E-state index contributed by atoms with van der Waals surface area (Å²) in [5.41, 5.74) is 2.02. The van der Waals surface area contributed by atoms with E-state index in [-0.39, 0.29) is 6.61 Å². The monoisotopic (exact) mass is 195 g/mol. The number of aliphatic hydroxyl groups excluding tert-OH is 1. The zero-order chi connectivity index (χ0) is 10.6. The van der Waals surface area contributed by atoms with Gasteiger partial charge in [-0.05, 0) is 18.9 Å². The molecular weight excluding hydrogens is 178 g/mol. The van der Waals surface area contributed by atoms with Crippen LogP contribution in [0.2, 0.25) is 0 Å². The molecule has 0 spiro atoms. The second-order valence-corrected chi connectivity index (χ2v) is 3.57. The molecule has 0 aliphatic heterocycles. The third-order valence-corrected chi connectivity index (χ3v) is 1.98. The van der Waals surface area contributed by atoms with Crippen molar-refractivity contribution in [2.75, 3.05) is 13.2 Å². The first-order valence-electron chi connectivity index (χ1n) is 4.86. The van der Waals surface area contributed by atoms with Gasteiger partial charge in [-0.3, -0.25) is 0 Å². The molecule has 3 heteroatoms. The fourth-order valence-electron chi connectivity index (χ4n) is 1.24. The molecule has 0 aliphatic carbocycles. The van der Waals surface area contributed by atoms with Crippen LogP contribution in [0.4, 0.5) is 0 Å². The molecule has 0 fully saturated rings. The summed E-state index contributed by atoms with van der Waals surface area (Å²) in [4.78, 5) is 4.30. The van der Waals surface area contributed by atoms with Gasteiger partial charge < -0.3 is 9.84 Å². The third kappa shape index (κ3) is 2.70. The van der Waals surface area contributed by atoms with E-state index in [1.807, 2.05) is 19.1 Å². The summed E-state index contributed by atoms with van der Waals surface area (Å²) in [5, 5.41) is 8.67. The first-order valence-corrected chi connectivity index (χ1v) is 4.86. The smallest absolute Gasteiger partial charge is 0.217 e. The molecule has 14 heavy (non-hydrogen) atoms. The van der Waals surface area contributed by atoms with Crippen LogP contribution in [0.15, 0.2) is 12.1 Å². The number of aliphatic hydroxyl groups is 1. The van der Waals surface area contributed by atoms with Crippen molar-refractivity contribution >= 4 is 0 Å². The van der Waals surface area contributed by atoms with E-state index in [0.717, 1.165) is 11.3 Å². The molecule has 0 saturated heterocycles. The summed E-state index contributed by atoms with van der Waals surface area (Å²) in [5.74, 6) is 1.03. The van der Waals surface area contributed by atoms with Crippen molar-refractivity contribution in [3.63, 3.8) is 0 Å². The van der Waals surface area contributed by atoms with Gasteiger partial charge in [-0.15, -0.1) is 0 Å². The Hall–Kier alpha value is -1.09. The molecular formula is C11H17NO2. The standard InChI is InChI=1S/C11H17NO2/c1-8(2)10-5-4-9(3)12-11(10)14-7-6-13/h4-5,8,13H,6-7H2,1-3H3. The highest BCUT2D eigenvalue weighted by Crippen LogP contribution is 2.24. The fourth-order valence-corrected chi connectivity index (χ4v) is 1.24. The molecule has 0 radical (unpaired) electrons. The van der Waals surface area contributed by atoms with Gasteiger partial charge in [0.2, 0.25) is 5.88 Å². The van der Waals surface area contributed by atoms with E-state index >= 15 is 0 Å². The molecule has 1 N–H and O–H groups in total. The lowest BCUT2D eigenvalue weighted by atomic mass is 10.0. The minimum Gasteiger partial charge on any atom is -0.475 e. The highest BCUT2D eigenvalue weighted by atomic mass is 16.5. The molecule has 0 aliphatic rings. The second-order valence-electron chi connectivity index (χ2n) is 3.57. The van der Waals surface area contributed by atoms with Gasteiger partial charge in [0, 0.05) is 11.3 Å². The molecule has 78 valence electrons. The normalized spacial score (nSPS) is 10.6. The maximum absolute atomic E-state index is 8.67. The Labute approximate surface area is 84.7 Å². The van der Waals surface area contributed by atoms with Crippen molar-refractivity contribution in [2.45, 2.75) is 26.7 Å². The largest absolute Gasteiger partial charge is 0.475 e. The van der Waals surface area contributed by atoms with Gasteiger partial charge >= 0.3 is 0 Å². The zero-order valence-electron chi connectivity index (χ0n) is 8.95. The first kappa shape index (κ1) is 11.0. The molecule has 0 aromatic carbocycles. The van der Waals surface area contributed by atoms with Crippen LogP contribution in [0.25, 0.3) is 0 Å². The minimum atomic E-state index is 0.0210. The Balaban J connectivity index is 2.91. The number of rotatable bonds is 4. The van der Waals surface area contributed by atoms with Gasteiger partial charge in [-0.1, -0.05) is 19.9 Å². The summed E-state index contributed by atoms with van der Waals surface area (Å²) >= 11 is 0. The molecule has 1 heterocycles. The Bertz CT molecular complexity index is 297. The van der Waals surface area contributed by atoms with Crippen molar-refractivity contribution < 1.29 is 9.84 Å². The fraction of sp³-hybridized carbons (Fsp3) is 0.545. The molecule has 0 saturated carbocycles. The quantitative estimate of drug-likeness (QED) is 0.797. The topological polar surface area (TPSA) is 42.4 Å². The number of ether oxygens (including phenoxy) is 1. The molecule has 1 rings (SSSR count). The van der Waals surface area contributed by atoms with Gasteiger partial charge in [0.15, 0.2) is 0 Å². The van der Waals surface area contributed by atoms with Crippen LogP contribution in [0.5, 0.6) is 5.88 Å². The van der Waals surface area contributed by atoms with Crippen LogP contribution < -0.4 is 4.74 Å². The highest BCUT2D eigenvalue weighted by Gasteiger charge is 2.08. The third-order valence-electron chi connectivity index (χ3n) is 1.98. The lowest BCUT2D eigenvalue weighted by Gasteiger charge is -2.12. The van der Waals surface area contributed by atoms with Gasteiger partial charge in [0.25, 0.3) is 0 Å². The second kappa shape index (κ2) is 4.96. The van der Waals surface area contributed by atoms with Crippen LogP contribution in [0.1, 0.15) is 31.0 Å². The Morgan fingerprint density at radius 1 is 1.43 bits per heavy atom. The van der Waals surface area contributed by atoms with E-state index in [2.05, 4.69) is 18.8 Å². The van der Waals surface area contributed by atoms with E-state index in [9.17, 15) is 0 Å². The molecule has 3 nitrogen and oxygen atoms in total. The van der Waals surface area contributed by atoms with Crippen molar-refractivity contribution in [3.8, 4) is 5.88 Å². The minimum absolute atomic E-state index is 0.0210. The van der Waals surface area contributed by atoms with Crippen LogP contribution in [-0.4, -0.2) is 23.3 Å². The number of pyridine rings is 1. The SMILES string of the molecule is Cc1ccc(C(C)C)c(OCCO)n1. The molecule has 1 aromatic heterocycles. The number of aromatic nitrogens is 1. The lowest BCUT2D eigenvalue weighted by molar-refractivity contribution is 0.195. The average Bonchev–Trinajstić information content (AvgIpc) is 2.14. The van der Waals surface area contributed by atoms with Gasteiger partial charge in [-0.2, -0.15) is 0 Å². The number of nitrogens with zero attached hydrogens (tertiary/aromatic N) is 1. The maximum atomic E-state index is 8.67. The summed E-state index contributed by atoms with van der Waals surface area (Å²) in [7, 11) is 0. The average molecular weight is 195 g/mol. The van der Waals surface area contributed by atoms with Crippen molar-refractivity contribution in [3.05, 3.63) is 23.4 Å².